The van der Waals surface area contributed by atoms with Gasteiger partial charge in [-0.3, -0.25) is 4.79 Å². The summed E-state index contributed by atoms with van der Waals surface area (Å²) in [5, 5.41) is 0.634. The van der Waals surface area contributed by atoms with Crippen LogP contribution in [0.5, 0.6) is 0 Å². The summed E-state index contributed by atoms with van der Waals surface area (Å²) in [6, 6.07) is 4.39. The number of ketones is 1. The average Bonchev–Trinajstić information content (AvgIpc) is 2.58. The highest BCUT2D eigenvalue weighted by molar-refractivity contribution is 6.01. The quantitative estimate of drug-likeness (QED) is 0.695. The van der Waals surface area contributed by atoms with Crippen molar-refractivity contribution in [3.8, 4) is 0 Å². The standard InChI is InChI=1S/C14H15FO2/c1-8-5-10(15)6-9-7-11(17-12(8)9)13(16)14(2,3)4/h5-7H,1-4H3. The number of hydrogen-bond acceptors (Lipinski definition) is 2. The van der Waals surface area contributed by atoms with E-state index >= 15 is 0 Å². The summed E-state index contributed by atoms with van der Waals surface area (Å²) in [5.41, 5.74) is 0.785. The molecule has 2 aromatic rings. The molecule has 0 unspecified atom stereocenters. The highest BCUT2D eigenvalue weighted by Crippen LogP contribution is 2.28. The van der Waals surface area contributed by atoms with E-state index in [9.17, 15) is 9.18 Å². The van der Waals surface area contributed by atoms with Crippen LogP contribution in [0.25, 0.3) is 11.0 Å². The first-order valence-corrected chi connectivity index (χ1v) is 5.53. The first-order chi connectivity index (χ1) is 7.79. The lowest BCUT2D eigenvalue weighted by Gasteiger charge is -2.13. The number of furan rings is 1. The van der Waals surface area contributed by atoms with Crippen LogP contribution < -0.4 is 0 Å². The molecular weight excluding hydrogens is 219 g/mol. The van der Waals surface area contributed by atoms with Gasteiger partial charge in [-0.15, -0.1) is 0 Å². The third kappa shape index (κ3) is 2.09. The Bertz CT molecular complexity index is 588. The minimum absolute atomic E-state index is 0.0755. The van der Waals surface area contributed by atoms with Gasteiger partial charge in [-0.2, -0.15) is 0 Å². The van der Waals surface area contributed by atoms with Gasteiger partial charge in [0, 0.05) is 10.8 Å². The van der Waals surface area contributed by atoms with Crippen LogP contribution in [0.15, 0.2) is 22.6 Å². The van der Waals surface area contributed by atoms with E-state index in [-0.39, 0.29) is 11.6 Å². The predicted octanol–water partition coefficient (Wildman–Crippen LogP) is 4.11. The average molecular weight is 234 g/mol. The molecule has 0 atom stereocenters. The van der Waals surface area contributed by atoms with Gasteiger partial charge in [0.05, 0.1) is 0 Å². The fourth-order valence-corrected chi connectivity index (χ4v) is 1.76. The second-order valence-corrected chi connectivity index (χ2v) is 5.33. The van der Waals surface area contributed by atoms with E-state index in [4.69, 9.17) is 4.42 Å². The van der Waals surface area contributed by atoms with E-state index in [1.165, 1.54) is 12.1 Å². The number of halogens is 1. The summed E-state index contributed by atoms with van der Waals surface area (Å²) in [7, 11) is 0. The van der Waals surface area contributed by atoms with Crippen LogP contribution in [0.3, 0.4) is 0 Å². The maximum absolute atomic E-state index is 13.2. The number of carbonyl (C=O) groups is 1. The third-order valence-electron chi connectivity index (χ3n) is 2.67. The van der Waals surface area contributed by atoms with Crippen molar-refractivity contribution in [3.63, 3.8) is 0 Å². The number of fused-ring (bicyclic) bond motifs is 1. The Balaban J connectivity index is 2.60. The van der Waals surface area contributed by atoms with Crippen molar-refractivity contribution in [1.29, 1.82) is 0 Å². The van der Waals surface area contributed by atoms with Crippen molar-refractivity contribution >= 4 is 16.8 Å². The zero-order valence-electron chi connectivity index (χ0n) is 10.4. The van der Waals surface area contributed by atoms with Gasteiger partial charge in [0.2, 0.25) is 5.78 Å². The van der Waals surface area contributed by atoms with Gasteiger partial charge < -0.3 is 4.42 Å². The van der Waals surface area contributed by atoms with Crippen molar-refractivity contribution in [1.82, 2.24) is 0 Å². The van der Waals surface area contributed by atoms with Crippen molar-refractivity contribution in [3.05, 3.63) is 35.3 Å². The molecule has 2 rings (SSSR count). The number of hydrogen-bond donors (Lipinski definition) is 0. The summed E-state index contributed by atoms with van der Waals surface area (Å²) in [6.45, 7) is 7.25. The molecule has 0 amide bonds. The predicted molar refractivity (Wildman–Crippen MR) is 64.7 cm³/mol. The molecule has 0 bridgehead atoms. The Kier molecular flexibility index (Phi) is 2.57. The lowest BCUT2D eigenvalue weighted by atomic mass is 9.89. The molecule has 0 radical (unpaired) electrons. The van der Waals surface area contributed by atoms with Crippen LogP contribution in [0, 0.1) is 18.2 Å². The lowest BCUT2D eigenvalue weighted by Crippen LogP contribution is -2.19. The summed E-state index contributed by atoms with van der Waals surface area (Å²) in [4.78, 5) is 12.0. The van der Waals surface area contributed by atoms with Crippen molar-refractivity contribution in [2.75, 3.05) is 0 Å². The molecule has 90 valence electrons. The molecule has 0 N–H and O–H groups in total. The number of Topliss-reactive ketones (excluding diaryl/α,β-unsaturated/α-hetero) is 1. The topological polar surface area (TPSA) is 30.2 Å². The Morgan fingerprint density at radius 2 is 1.88 bits per heavy atom. The molecule has 0 fully saturated rings. The SMILES string of the molecule is Cc1cc(F)cc2cc(C(=O)C(C)(C)C)oc12. The van der Waals surface area contributed by atoms with Crippen LogP contribution in [-0.4, -0.2) is 5.78 Å². The fraction of sp³-hybridized carbons (Fsp3) is 0.357. The second-order valence-electron chi connectivity index (χ2n) is 5.33. The molecule has 1 aromatic carbocycles. The monoisotopic (exact) mass is 234 g/mol. The summed E-state index contributed by atoms with van der Waals surface area (Å²) in [6.07, 6.45) is 0. The highest BCUT2D eigenvalue weighted by atomic mass is 19.1. The molecule has 3 heteroatoms. The minimum Gasteiger partial charge on any atom is -0.453 e. The smallest absolute Gasteiger partial charge is 0.203 e. The molecule has 0 saturated heterocycles. The van der Waals surface area contributed by atoms with E-state index < -0.39 is 5.41 Å². The zero-order chi connectivity index (χ0) is 12.8. The van der Waals surface area contributed by atoms with Gasteiger partial charge in [0.25, 0.3) is 0 Å². The number of carbonyl (C=O) groups excluding carboxylic acids is 1. The Morgan fingerprint density at radius 1 is 1.24 bits per heavy atom. The van der Waals surface area contributed by atoms with Gasteiger partial charge in [-0.25, -0.2) is 4.39 Å². The maximum atomic E-state index is 13.2. The molecule has 0 aliphatic heterocycles. The largest absolute Gasteiger partial charge is 0.453 e. The number of aryl methyl sites for hydroxylation is 1. The van der Waals surface area contributed by atoms with Crippen LogP contribution in [0.4, 0.5) is 4.39 Å². The van der Waals surface area contributed by atoms with Crippen LogP contribution in [-0.2, 0) is 0 Å². The summed E-state index contributed by atoms with van der Waals surface area (Å²) < 4.78 is 18.7. The molecule has 0 spiro atoms. The summed E-state index contributed by atoms with van der Waals surface area (Å²) >= 11 is 0. The summed E-state index contributed by atoms with van der Waals surface area (Å²) in [5.74, 6) is -0.0970. The molecule has 0 aliphatic carbocycles. The van der Waals surface area contributed by atoms with E-state index in [0.717, 1.165) is 0 Å². The van der Waals surface area contributed by atoms with Crippen molar-refractivity contribution < 1.29 is 13.6 Å². The van der Waals surface area contributed by atoms with E-state index in [1.54, 1.807) is 13.0 Å². The number of benzene rings is 1. The number of rotatable bonds is 1. The first-order valence-electron chi connectivity index (χ1n) is 5.53. The van der Waals surface area contributed by atoms with Gasteiger partial charge in [0.15, 0.2) is 5.76 Å². The van der Waals surface area contributed by atoms with Crippen LogP contribution in [0.2, 0.25) is 0 Å². The molecular formula is C14H15FO2. The molecule has 2 nitrogen and oxygen atoms in total. The Morgan fingerprint density at radius 3 is 2.47 bits per heavy atom. The van der Waals surface area contributed by atoms with Crippen molar-refractivity contribution in [2.45, 2.75) is 27.7 Å². The van der Waals surface area contributed by atoms with Crippen molar-refractivity contribution in [2.24, 2.45) is 5.41 Å². The molecule has 17 heavy (non-hydrogen) atoms. The van der Waals surface area contributed by atoms with E-state index in [1.807, 2.05) is 20.8 Å². The fourth-order valence-electron chi connectivity index (χ4n) is 1.76. The first kappa shape index (κ1) is 11.8. The van der Waals surface area contributed by atoms with E-state index in [2.05, 4.69) is 0 Å². The van der Waals surface area contributed by atoms with Crippen LogP contribution in [0.1, 0.15) is 36.9 Å². The lowest BCUT2D eigenvalue weighted by molar-refractivity contribution is 0.0831. The normalized spacial score (nSPS) is 12.1. The third-order valence-corrected chi connectivity index (χ3v) is 2.67. The minimum atomic E-state index is -0.500. The highest BCUT2D eigenvalue weighted by Gasteiger charge is 2.26. The maximum Gasteiger partial charge on any atom is 0.203 e. The molecule has 0 aliphatic rings. The zero-order valence-corrected chi connectivity index (χ0v) is 10.4. The Labute approximate surface area is 99.4 Å². The van der Waals surface area contributed by atoms with Gasteiger partial charge in [0.1, 0.15) is 11.4 Å². The van der Waals surface area contributed by atoms with Gasteiger partial charge in [-0.05, 0) is 30.7 Å². The van der Waals surface area contributed by atoms with Crippen LogP contribution >= 0.6 is 0 Å². The molecule has 1 heterocycles. The second kappa shape index (κ2) is 3.69. The Hall–Kier alpha value is -1.64. The van der Waals surface area contributed by atoms with Gasteiger partial charge in [-0.1, -0.05) is 20.8 Å². The molecule has 0 saturated carbocycles. The molecule has 1 aromatic heterocycles. The van der Waals surface area contributed by atoms with Gasteiger partial charge >= 0.3 is 0 Å². The van der Waals surface area contributed by atoms with E-state index in [0.29, 0.717) is 22.3 Å².